The number of halogens is 2. The molecule has 0 saturated carbocycles. The lowest BCUT2D eigenvalue weighted by Crippen LogP contribution is -2.11. The lowest BCUT2D eigenvalue weighted by atomic mass is 10.1. The van der Waals surface area contributed by atoms with E-state index in [1.165, 1.54) is 0 Å². The number of hydrogen-bond acceptors (Lipinski definition) is 4. The average molecular weight is 320 g/mol. The molecule has 2 aromatic carbocycles. The Balaban J connectivity index is 1.93. The highest BCUT2D eigenvalue weighted by atomic mass is 35.5. The zero-order valence-electron chi connectivity index (χ0n) is 10.8. The Morgan fingerprint density at radius 1 is 1.00 bits per heavy atom. The molecule has 106 valence electrons. The van der Waals surface area contributed by atoms with Gasteiger partial charge in [-0.05, 0) is 23.8 Å². The maximum atomic E-state index is 6.12. The molecule has 0 aliphatic rings. The average Bonchev–Trinajstić information content (AvgIpc) is 2.96. The number of aromatic nitrogens is 2. The molecular formula is C15H11Cl2N3O. The zero-order valence-corrected chi connectivity index (χ0v) is 12.3. The Hall–Kier alpha value is -1.88. The van der Waals surface area contributed by atoms with Crippen LogP contribution in [0.25, 0.3) is 11.4 Å². The maximum Gasteiger partial charge on any atom is 0.248 e. The standard InChI is InChI=1S/C15H11Cl2N3O/c16-11-6-10(7-12(17)8-11)14-19-15(21-20-14)13(18)9-4-2-1-3-5-9/h1-8,13H,18H2. The van der Waals surface area contributed by atoms with Crippen LogP contribution in [0.15, 0.2) is 53.1 Å². The molecule has 0 aliphatic heterocycles. The molecule has 1 atom stereocenters. The molecule has 0 amide bonds. The first-order chi connectivity index (χ1) is 10.1. The van der Waals surface area contributed by atoms with E-state index in [1.807, 2.05) is 30.3 Å². The van der Waals surface area contributed by atoms with E-state index in [9.17, 15) is 0 Å². The third-order valence-electron chi connectivity index (χ3n) is 2.99. The molecule has 0 fully saturated rings. The Morgan fingerprint density at radius 2 is 1.67 bits per heavy atom. The maximum absolute atomic E-state index is 6.12. The molecule has 6 heteroatoms. The number of nitrogens with zero attached hydrogens (tertiary/aromatic N) is 2. The predicted octanol–water partition coefficient (Wildman–Crippen LogP) is 4.09. The van der Waals surface area contributed by atoms with E-state index in [-0.39, 0.29) is 0 Å². The fourth-order valence-electron chi connectivity index (χ4n) is 1.96. The highest BCUT2D eigenvalue weighted by molar-refractivity contribution is 6.35. The summed E-state index contributed by atoms with van der Waals surface area (Å²) in [7, 11) is 0. The van der Waals surface area contributed by atoms with Gasteiger partial charge < -0.3 is 10.3 Å². The second-order valence-corrected chi connectivity index (χ2v) is 5.38. The van der Waals surface area contributed by atoms with Crippen molar-refractivity contribution in [1.29, 1.82) is 0 Å². The van der Waals surface area contributed by atoms with E-state index < -0.39 is 6.04 Å². The van der Waals surface area contributed by atoms with Gasteiger partial charge in [-0.3, -0.25) is 0 Å². The second-order valence-electron chi connectivity index (χ2n) is 4.50. The van der Waals surface area contributed by atoms with Gasteiger partial charge in [0.2, 0.25) is 11.7 Å². The van der Waals surface area contributed by atoms with Crippen molar-refractivity contribution in [2.75, 3.05) is 0 Å². The summed E-state index contributed by atoms with van der Waals surface area (Å²) in [6.45, 7) is 0. The first-order valence-electron chi connectivity index (χ1n) is 6.24. The van der Waals surface area contributed by atoms with Crippen molar-refractivity contribution in [2.24, 2.45) is 5.73 Å². The van der Waals surface area contributed by atoms with Gasteiger partial charge in [-0.15, -0.1) is 0 Å². The highest BCUT2D eigenvalue weighted by Crippen LogP contribution is 2.27. The third kappa shape index (κ3) is 3.08. The quantitative estimate of drug-likeness (QED) is 0.789. The third-order valence-corrected chi connectivity index (χ3v) is 3.42. The van der Waals surface area contributed by atoms with Gasteiger partial charge in [0.05, 0.1) is 0 Å². The minimum atomic E-state index is -0.470. The number of rotatable bonds is 3. The molecule has 0 aliphatic carbocycles. The molecule has 3 aromatic rings. The monoisotopic (exact) mass is 319 g/mol. The Kier molecular flexibility index (Phi) is 3.92. The van der Waals surface area contributed by atoms with Crippen molar-refractivity contribution < 1.29 is 4.52 Å². The van der Waals surface area contributed by atoms with Crippen LogP contribution < -0.4 is 5.73 Å². The minimum absolute atomic E-state index is 0.340. The molecule has 4 nitrogen and oxygen atoms in total. The largest absolute Gasteiger partial charge is 0.337 e. The molecule has 1 heterocycles. The molecule has 0 bridgehead atoms. The van der Waals surface area contributed by atoms with Gasteiger partial charge in [0, 0.05) is 15.6 Å². The van der Waals surface area contributed by atoms with Crippen LogP contribution in [0.4, 0.5) is 0 Å². The minimum Gasteiger partial charge on any atom is -0.337 e. The lowest BCUT2D eigenvalue weighted by Gasteiger charge is -2.05. The normalized spacial score (nSPS) is 12.3. The highest BCUT2D eigenvalue weighted by Gasteiger charge is 2.17. The van der Waals surface area contributed by atoms with Crippen molar-refractivity contribution in [3.05, 3.63) is 70.0 Å². The molecule has 0 saturated heterocycles. The van der Waals surface area contributed by atoms with Crippen LogP contribution in [0.5, 0.6) is 0 Å². The van der Waals surface area contributed by atoms with Gasteiger partial charge in [0.1, 0.15) is 6.04 Å². The van der Waals surface area contributed by atoms with Crippen molar-refractivity contribution in [3.63, 3.8) is 0 Å². The number of hydrogen-bond donors (Lipinski definition) is 1. The SMILES string of the molecule is NC(c1ccccc1)c1nc(-c2cc(Cl)cc(Cl)c2)no1. The van der Waals surface area contributed by atoms with Gasteiger partial charge >= 0.3 is 0 Å². The molecule has 21 heavy (non-hydrogen) atoms. The Labute approximate surface area is 131 Å². The molecule has 3 rings (SSSR count). The predicted molar refractivity (Wildman–Crippen MR) is 82.2 cm³/mol. The number of nitrogens with two attached hydrogens (primary N) is 1. The van der Waals surface area contributed by atoms with Crippen molar-refractivity contribution in [3.8, 4) is 11.4 Å². The summed E-state index contributed by atoms with van der Waals surface area (Å²) in [6, 6.07) is 14.2. The summed E-state index contributed by atoms with van der Waals surface area (Å²) < 4.78 is 5.24. The van der Waals surface area contributed by atoms with Gasteiger partial charge in [0.25, 0.3) is 0 Å². The van der Waals surface area contributed by atoms with Crippen LogP contribution in [-0.4, -0.2) is 10.1 Å². The summed E-state index contributed by atoms with van der Waals surface area (Å²) in [4.78, 5) is 4.32. The van der Waals surface area contributed by atoms with Crippen LogP contribution in [-0.2, 0) is 0 Å². The van der Waals surface area contributed by atoms with E-state index in [2.05, 4.69) is 10.1 Å². The number of benzene rings is 2. The van der Waals surface area contributed by atoms with E-state index >= 15 is 0 Å². The van der Waals surface area contributed by atoms with E-state index in [1.54, 1.807) is 18.2 Å². The zero-order chi connectivity index (χ0) is 14.8. The molecule has 0 radical (unpaired) electrons. The smallest absolute Gasteiger partial charge is 0.248 e. The van der Waals surface area contributed by atoms with Gasteiger partial charge in [-0.1, -0.05) is 58.7 Å². The second kappa shape index (κ2) is 5.85. The van der Waals surface area contributed by atoms with Crippen LogP contribution >= 0.6 is 23.2 Å². The Morgan fingerprint density at radius 3 is 2.33 bits per heavy atom. The molecule has 1 aromatic heterocycles. The van der Waals surface area contributed by atoms with E-state index in [0.29, 0.717) is 27.3 Å². The molecule has 0 spiro atoms. The Bertz CT molecular complexity index is 738. The summed E-state index contributed by atoms with van der Waals surface area (Å²) in [5.74, 6) is 0.744. The van der Waals surface area contributed by atoms with Crippen LogP contribution in [0.2, 0.25) is 10.0 Å². The molecule has 2 N–H and O–H groups in total. The summed E-state index contributed by atoms with van der Waals surface area (Å²) in [5.41, 5.74) is 7.70. The lowest BCUT2D eigenvalue weighted by molar-refractivity contribution is 0.367. The topological polar surface area (TPSA) is 64.9 Å². The van der Waals surface area contributed by atoms with Crippen LogP contribution in [0.1, 0.15) is 17.5 Å². The van der Waals surface area contributed by atoms with Crippen LogP contribution in [0.3, 0.4) is 0 Å². The fraction of sp³-hybridized carbons (Fsp3) is 0.0667. The first-order valence-corrected chi connectivity index (χ1v) is 6.99. The van der Waals surface area contributed by atoms with Crippen molar-refractivity contribution in [2.45, 2.75) is 6.04 Å². The molecular weight excluding hydrogens is 309 g/mol. The summed E-state index contributed by atoms with van der Waals surface area (Å²) >= 11 is 11.9. The van der Waals surface area contributed by atoms with E-state index in [0.717, 1.165) is 5.56 Å². The van der Waals surface area contributed by atoms with Crippen molar-refractivity contribution in [1.82, 2.24) is 10.1 Å². The van der Waals surface area contributed by atoms with Crippen molar-refractivity contribution >= 4 is 23.2 Å². The molecule has 1 unspecified atom stereocenters. The van der Waals surface area contributed by atoms with Crippen LogP contribution in [0, 0.1) is 0 Å². The fourth-order valence-corrected chi connectivity index (χ4v) is 2.49. The van der Waals surface area contributed by atoms with Gasteiger partial charge in [0.15, 0.2) is 0 Å². The van der Waals surface area contributed by atoms with E-state index in [4.69, 9.17) is 33.5 Å². The summed E-state index contributed by atoms with van der Waals surface area (Å²) in [6.07, 6.45) is 0. The first kappa shape index (κ1) is 14.1. The van der Waals surface area contributed by atoms with Gasteiger partial charge in [-0.25, -0.2) is 0 Å². The summed E-state index contributed by atoms with van der Waals surface area (Å²) in [5, 5.41) is 4.95. The van der Waals surface area contributed by atoms with Gasteiger partial charge in [-0.2, -0.15) is 4.98 Å².